The summed E-state index contributed by atoms with van der Waals surface area (Å²) in [5, 5.41) is 6.90. The number of benzene rings is 1. The van der Waals surface area contributed by atoms with Crippen molar-refractivity contribution in [3.05, 3.63) is 35.4 Å². The van der Waals surface area contributed by atoms with Crippen molar-refractivity contribution in [2.24, 2.45) is 10.4 Å². The Morgan fingerprint density at radius 3 is 2.58 bits per heavy atom. The first-order chi connectivity index (χ1) is 11.2. The van der Waals surface area contributed by atoms with Gasteiger partial charge < -0.3 is 15.4 Å². The highest BCUT2D eigenvalue weighted by Crippen LogP contribution is 2.43. The molecule has 0 saturated heterocycles. The van der Waals surface area contributed by atoms with Crippen molar-refractivity contribution in [1.29, 1.82) is 0 Å². The van der Waals surface area contributed by atoms with E-state index in [0.717, 1.165) is 32.1 Å². The van der Waals surface area contributed by atoms with Crippen molar-refractivity contribution in [3.8, 4) is 0 Å². The second kappa shape index (κ2) is 10.9. The topological polar surface area (TPSA) is 45.7 Å². The molecule has 0 unspecified atom stereocenters. The smallest absolute Gasteiger partial charge is 0.191 e. The van der Waals surface area contributed by atoms with Crippen LogP contribution in [0, 0.1) is 12.3 Å². The number of aliphatic imine (C=N–C) groups is 1. The van der Waals surface area contributed by atoms with Gasteiger partial charge in [0.05, 0.1) is 6.54 Å². The number of ether oxygens (including phenoxy) is 1. The molecule has 136 valence electrons. The van der Waals surface area contributed by atoms with Gasteiger partial charge in [0.25, 0.3) is 0 Å². The molecule has 0 amide bonds. The Hall–Kier alpha value is -0.820. The molecule has 1 fully saturated rings. The summed E-state index contributed by atoms with van der Waals surface area (Å²) < 4.78 is 5.27. The number of aryl methyl sites for hydroxylation is 1. The highest BCUT2D eigenvalue weighted by Gasteiger charge is 2.36. The standard InChI is InChI=1S/C19H31N3O.HI/c1-4-20-18(21-14-17-9-6-5-8-16(17)2)22-15-19(10-7-11-19)12-13-23-3;/h5-6,8-9H,4,7,10-15H2,1-3H3,(H2,20,21,22);1H. The summed E-state index contributed by atoms with van der Waals surface area (Å²) in [6, 6.07) is 8.43. The zero-order chi connectivity index (χ0) is 16.5. The first-order valence-electron chi connectivity index (χ1n) is 8.75. The van der Waals surface area contributed by atoms with Gasteiger partial charge in [-0.05, 0) is 49.7 Å². The minimum atomic E-state index is 0. The van der Waals surface area contributed by atoms with Crippen molar-refractivity contribution < 1.29 is 4.74 Å². The number of nitrogens with one attached hydrogen (secondary N) is 2. The quantitative estimate of drug-likeness (QED) is 0.363. The predicted molar refractivity (Wildman–Crippen MR) is 112 cm³/mol. The van der Waals surface area contributed by atoms with Crippen LogP contribution in [0.5, 0.6) is 0 Å². The SMILES string of the molecule is CCNC(=NCc1ccccc1C)NCC1(CCOC)CCC1.I. The van der Waals surface area contributed by atoms with Crippen LogP contribution in [0.1, 0.15) is 43.7 Å². The molecule has 5 heteroatoms. The first kappa shape index (κ1) is 21.2. The largest absolute Gasteiger partial charge is 0.385 e. The molecule has 1 aliphatic rings. The molecule has 1 saturated carbocycles. The fraction of sp³-hybridized carbons (Fsp3) is 0.632. The van der Waals surface area contributed by atoms with Gasteiger partial charge in [0, 0.05) is 26.8 Å². The van der Waals surface area contributed by atoms with E-state index in [1.54, 1.807) is 7.11 Å². The average molecular weight is 445 g/mol. The summed E-state index contributed by atoms with van der Waals surface area (Å²) in [6.07, 6.45) is 5.05. The number of halogens is 1. The zero-order valence-electron chi connectivity index (χ0n) is 15.2. The molecule has 0 aliphatic heterocycles. The predicted octanol–water partition coefficient (Wildman–Crippen LogP) is 3.87. The number of methoxy groups -OCH3 is 1. The van der Waals surface area contributed by atoms with Crippen molar-refractivity contribution >= 4 is 29.9 Å². The summed E-state index contributed by atoms with van der Waals surface area (Å²) in [5.41, 5.74) is 2.97. The van der Waals surface area contributed by atoms with E-state index in [4.69, 9.17) is 9.73 Å². The van der Waals surface area contributed by atoms with Crippen molar-refractivity contribution in [1.82, 2.24) is 10.6 Å². The third kappa shape index (κ3) is 6.24. The molecule has 4 nitrogen and oxygen atoms in total. The van der Waals surface area contributed by atoms with Crippen LogP contribution in [-0.4, -0.2) is 32.8 Å². The Labute approximate surface area is 163 Å². The fourth-order valence-corrected chi connectivity index (χ4v) is 3.08. The molecular formula is C19H32IN3O. The molecule has 24 heavy (non-hydrogen) atoms. The van der Waals surface area contributed by atoms with E-state index in [1.807, 2.05) is 0 Å². The Morgan fingerprint density at radius 1 is 1.25 bits per heavy atom. The lowest BCUT2D eigenvalue weighted by atomic mass is 9.67. The molecular weight excluding hydrogens is 413 g/mol. The van der Waals surface area contributed by atoms with Crippen LogP contribution in [0.25, 0.3) is 0 Å². The summed E-state index contributed by atoms with van der Waals surface area (Å²) >= 11 is 0. The summed E-state index contributed by atoms with van der Waals surface area (Å²) in [4.78, 5) is 4.75. The molecule has 1 aliphatic carbocycles. The number of hydrogen-bond donors (Lipinski definition) is 2. The molecule has 0 bridgehead atoms. The van der Waals surface area contributed by atoms with Crippen LogP contribution < -0.4 is 10.6 Å². The van der Waals surface area contributed by atoms with Gasteiger partial charge in [0.15, 0.2) is 5.96 Å². The second-order valence-electron chi connectivity index (χ2n) is 6.57. The normalized spacial score (nSPS) is 16.0. The number of nitrogens with zero attached hydrogens (tertiary/aromatic N) is 1. The average Bonchev–Trinajstić information content (AvgIpc) is 2.52. The van der Waals surface area contributed by atoms with Gasteiger partial charge in [-0.15, -0.1) is 24.0 Å². The monoisotopic (exact) mass is 445 g/mol. The van der Waals surface area contributed by atoms with Gasteiger partial charge in [-0.3, -0.25) is 0 Å². The molecule has 0 heterocycles. The lowest BCUT2D eigenvalue weighted by Crippen LogP contribution is -2.47. The van der Waals surface area contributed by atoms with Gasteiger partial charge in [0.1, 0.15) is 0 Å². The van der Waals surface area contributed by atoms with Crippen LogP contribution in [0.4, 0.5) is 0 Å². The summed E-state index contributed by atoms with van der Waals surface area (Å²) in [6.45, 7) is 7.67. The van der Waals surface area contributed by atoms with E-state index >= 15 is 0 Å². The lowest BCUT2D eigenvalue weighted by molar-refractivity contribution is 0.0732. The Morgan fingerprint density at radius 2 is 2.00 bits per heavy atom. The van der Waals surface area contributed by atoms with E-state index in [9.17, 15) is 0 Å². The molecule has 0 aromatic heterocycles. The minimum Gasteiger partial charge on any atom is -0.385 e. The van der Waals surface area contributed by atoms with Crippen LogP contribution in [0.3, 0.4) is 0 Å². The van der Waals surface area contributed by atoms with E-state index < -0.39 is 0 Å². The van der Waals surface area contributed by atoms with Crippen LogP contribution >= 0.6 is 24.0 Å². The number of rotatable bonds is 8. The van der Waals surface area contributed by atoms with E-state index in [-0.39, 0.29) is 24.0 Å². The zero-order valence-corrected chi connectivity index (χ0v) is 17.6. The summed E-state index contributed by atoms with van der Waals surface area (Å²) in [5.74, 6) is 0.916. The Bertz CT molecular complexity index is 515. The second-order valence-corrected chi connectivity index (χ2v) is 6.57. The number of hydrogen-bond acceptors (Lipinski definition) is 2. The highest BCUT2D eigenvalue weighted by atomic mass is 127. The molecule has 0 radical (unpaired) electrons. The van der Waals surface area contributed by atoms with E-state index in [1.165, 1.54) is 30.4 Å². The third-order valence-corrected chi connectivity index (χ3v) is 4.89. The van der Waals surface area contributed by atoms with Crippen LogP contribution in [0.15, 0.2) is 29.3 Å². The van der Waals surface area contributed by atoms with Gasteiger partial charge in [-0.2, -0.15) is 0 Å². The molecule has 2 rings (SSSR count). The van der Waals surface area contributed by atoms with Crippen LogP contribution in [0.2, 0.25) is 0 Å². The lowest BCUT2D eigenvalue weighted by Gasteiger charge is -2.42. The summed E-state index contributed by atoms with van der Waals surface area (Å²) in [7, 11) is 1.79. The van der Waals surface area contributed by atoms with Gasteiger partial charge in [0.2, 0.25) is 0 Å². The van der Waals surface area contributed by atoms with Crippen LogP contribution in [-0.2, 0) is 11.3 Å². The Kier molecular flexibility index (Phi) is 9.66. The fourth-order valence-electron chi connectivity index (χ4n) is 3.08. The maximum absolute atomic E-state index is 5.27. The maximum atomic E-state index is 5.27. The van der Waals surface area contributed by atoms with E-state index in [0.29, 0.717) is 12.0 Å². The molecule has 0 atom stereocenters. The van der Waals surface area contributed by atoms with Gasteiger partial charge >= 0.3 is 0 Å². The van der Waals surface area contributed by atoms with E-state index in [2.05, 4.69) is 48.7 Å². The first-order valence-corrected chi connectivity index (χ1v) is 8.75. The highest BCUT2D eigenvalue weighted by molar-refractivity contribution is 14.0. The molecule has 1 aromatic rings. The van der Waals surface area contributed by atoms with Crippen molar-refractivity contribution in [2.45, 2.75) is 46.1 Å². The maximum Gasteiger partial charge on any atom is 0.191 e. The molecule has 1 aromatic carbocycles. The van der Waals surface area contributed by atoms with Crippen molar-refractivity contribution in [3.63, 3.8) is 0 Å². The van der Waals surface area contributed by atoms with Gasteiger partial charge in [-0.1, -0.05) is 30.7 Å². The third-order valence-electron chi connectivity index (χ3n) is 4.89. The molecule has 2 N–H and O–H groups in total. The Balaban J connectivity index is 0.00000288. The molecule has 0 spiro atoms. The van der Waals surface area contributed by atoms with Gasteiger partial charge in [-0.25, -0.2) is 4.99 Å². The number of guanidine groups is 1. The van der Waals surface area contributed by atoms with Crippen molar-refractivity contribution in [2.75, 3.05) is 26.8 Å². The minimum absolute atomic E-state index is 0.